The van der Waals surface area contributed by atoms with Crippen molar-refractivity contribution < 1.29 is 19.7 Å². The number of fused-ring (bicyclic) bond motifs is 2. The summed E-state index contributed by atoms with van der Waals surface area (Å²) >= 11 is 0. The molecule has 42 heavy (non-hydrogen) atoms. The van der Waals surface area contributed by atoms with Crippen molar-refractivity contribution in [1.29, 1.82) is 5.41 Å². The highest BCUT2D eigenvalue weighted by Crippen LogP contribution is 2.31. The van der Waals surface area contributed by atoms with Gasteiger partial charge in [0.15, 0.2) is 5.96 Å². The summed E-state index contributed by atoms with van der Waals surface area (Å²) in [4.78, 5) is 9.81. The molecule has 3 aromatic carbocycles. The minimum absolute atomic E-state index is 0.0815. The number of benzene rings is 4. The lowest BCUT2D eigenvalue weighted by atomic mass is 10.1. The Labute approximate surface area is 242 Å². The molecule has 0 bridgehead atoms. The molecule has 0 radical (unpaired) electrons. The summed E-state index contributed by atoms with van der Waals surface area (Å²) < 4.78 is 13.3. The second kappa shape index (κ2) is 13.5. The second-order valence-electron chi connectivity index (χ2n) is 9.43. The zero-order valence-corrected chi connectivity index (χ0v) is 23.0. The quantitative estimate of drug-likeness (QED) is 0.0437. The Morgan fingerprint density at radius 3 is 2.31 bits per heavy atom. The first-order valence-corrected chi connectivity index (χ1v) is 13.5. The third-order valence-corrected chi connectivity index (χ3v) is 6.40. The van der Waals surface area contributed by atoms with E-state index in [9.17, 15) is 10.2 Å². The van der Waals surface area contributed by atoms with Crippen molar-refractivity contribution in [3.8, 4) is 28.6 Å². The molecule has 0 atom stereocenters. The lowest BCUT2D eigenvalue weighted by Gasteiger charge is -2.20. The Kier molecular flexibility index (Phi) is 9.12. The zero-order valence-electron chi connectivity index (χ0n) is 23.0. The number of aromatic hydroxyl groups is 2. The molecule has 0 fully saturated rings. The van der Waals surface area contributed by atoms with Gasteiger partial charge in [0, 0.05) is 17.9 Å². The number of phenolic OH excluding ortho intramolecular Hbond substituents is 2. The summed E-state index contributed by atoms with van der Waals surface area (Å²) in [6.45, 7) is 2.57. The van der Waals surface area contributed by atoms with E-state index in [0.29, 0.717) is 39.5 Å². The van der Waals surface area contributed by atoms with Gasteiger partial charge in [0.2, 0.25) is 0 Å². The van der Waals surface area contributed by atoms with Gasteiger partial charge in [0.25, 0.3) is 0 Å². The number of aromatic nitrogens is 2. The molecule has 0 saturated carbocycles. The average Bonchev–Trinajstić information content (AvgIpc) is 2.98. The number of anilines is 2. The van der Waals surface area contributed by atoms with Gasteiger partial charge in [-0.15, -0.1) is 0 Å². The van der Waals surface area contributed by atoms with Crippen LogP contribution in [0.3, 0.4) is 0 Å². The fourth-order valence-corrected chi connectivity index (χ4v) is 4.46. The van der Waals surface area contributed by atoms with Gasteiger partial charge in [-0.3, -0.25) is 10.4 Å². The number of hydrogen-bond donors (Lipinski definition) is 6. The van der Waals surface area contributed by atoms with Crippen molar-refractivity contribution in [2.75, 3.05) is 44.8 Å². The molecular formula is C31H33N7O4. The summed E-state index contributed by atoms with van der Waals surface area (Å²) in [6, 6.07) is 25.8. The highest BCUT2D eigenvalue weighted by Gasteiger charge is 2.16. The average molecular weight is 568 g/mol. The molecule has 1 aliphatic heterocycles. The van der Waals surface area contributed by atoms with Gasteiger partial charge in [-0.25, -0.2) is 4.98 Å². The van der Waals surface area contributed by atoms with E-state index in [2.05, 4.69) is 15.2 Å². The molecule has 0 unspecified atom stereocenters. The first-order chi connectivity index (χ1) is 20.5. The van der Waals surface area contributed by atoms with Crippen LogP contribution in [0.5, 0.6) is 11.5 Å². The number of rotatable bonds is 12. The Balaban J connectivity index is 1.46. The second-order valence-corrected chi connectivity index (χ2v) is 9.43. The van der Waals surface area contributed by atoms with Crippen molar-refractivity contribution in [2.45, 2.75) is 0 Å². The van der Waals surface area contributed by atoms with Crippen LogP contribution in [0.1, 0.15) is 0 Å². The largest absolute Gasteiger partial charge is 0.508 e. The van der Waals surface area contributed by atoms with Crippen molar-refractivity contribution in [3.05, 3.63) is 90.3 Å². The van der Waals surface area contributed by atoms with E-state index in [-0.39, 0.29) is 17.5 Å². The molecule has 5 rings (SSSR count). The van der Waals surface area contributed by atoms with Crippen LogP contribution in [-0.4, -0.2) is 65.2 Å². The first-order valence-electron chi connectivity index (χ1n) is 13.5. The molecule has 7 N–H and O–H groups in total. The molecule has 0 amide bonds. The van der Waals surface area contributed by atoms with Gasteiger partial charge in [0.05, 0.1) is 66.4 Å². The molecule has 2 aliphatic rings. The van der Waals surface area contributed by atoms with E-state index in [1.54, 1.807) is 36.4 Å². The molecule has 1 heterocycles. The molecule has 0 saturated heterocycles. The van der Waals surface area contributed by atoms with Crippen LogP contribution in [0.2, 0.25) is 0 Å². The highest BCUT2D eigenvalue weighted by atomic mass is 16.5. The van der Waals surface area contributed by atoms with Gasteiger partial charge < -0.3 is 40.6 Å². The highest BCUT2D eigenvalue weighted by molar-refractivity contribution is 5.84. The smallest absolute Gasteiger partial charge is 0.185 e. The van der Waals surface area contributed by atoms with Crippen molar-refractivity contribution >= 4 is 28.4 Å². The molecule has 0 spiro atoms. The first kappa shape index (κ1) is 28.4. The molecular weight excluding hydrogens is 534 g/mol. The van der Waals surface area contributed by atoms with Crippen LogP contribution < -0.4 is 21.7 Å². The summed E-state index contributed by atoms with van der Waals surface area (Å²) in [7, 11) is 0. The zero-order chi connectivity index (χ0) is 29.3. The van der Waals surface area contributed by atoms with E-state index in [1.165, 1.54) is 0 Å². The fourth-order valence-electron chi connectivity index (χ4n) is 4.46. The third kappa shape index (κ3) is 7.14. The molecule has 0 aromatic heterocycles. The third-order valence-electron chi connectivity index (χ3n) is 6.40. The predicted molar refractivity (Wildman–Crippen MR) is 163 cm³/mol. The molecule has 1 aliphatic carbocycles. The fraction of sp³-hybridized carbons (Fsp3) is 0.194. The number of nitrogens with two attached hydrogens (primary N) is 1. The summed E-state index contributed by atoms with van der Waals surface area (Å²) in [5.74, 6) is 0.293. The minimum Gasteiger partial charge on any atom is -0.508 e. The van der Waals surface area contributed by atoms with Gasteiger partial charge in [-0.2, -0.15) is 0 Å². The maximum atomic E-state index is 9.91. The van der Waals surface area contributed by atoms with Crippen molar-refractivity contribution in [3.63, 3.8) is 0 Å². The number of hydrogen-bond acceptors (Lipinski definition) is 8. The van der Waals surface area contributed by atoms with E-state index in [4.69, 9.17) is 30.6 Å². The molecule has 11 heteroatoms. The summed E-state index contributed by atoms with van der Waals surface area (Å²) in [6.07, 6.45) is 0. The Morgan fingerprint density at radius 2 is 1.57 bits per heavy atom. The molecule has 3 aromatic rings. The van der Waals surface area contributed by atoms with Crippen LogP contribution in [0.15, 0.2) is 89.9 Å². The summed E-state index contributed by atoms with van der Waals surface area (Å²) in [5, 5.41) is 33.6. The van der Waals surface area contributed by atoms with Crippen LogP contribution in [0, 0.1) is 5.41 Å². The Bertz CT molecular complexity index is 1690. The van der Waals surface area contributed by atoms with Gasteiger partial charge in [0.1, 0.15) is 11.5 Å². The monoisotopic (exact) mass is 567 g/mol. The number of guanidine groups is 1. The van der Waals surface area contributed by atoms with Gasteiger partial charge >= 0.3 is 0 Å². The minimum atomic E-state index is -0.0815. The Hall–Kier alpha value is -5.13. The van der Waals surface area contributed by atoms with Crippen LogP contribution in [-0.2, 0) is 9.47 Å². The number of para-hydroxylation sites is 2. The van der Waals surface area contributed by atoms with E-state index >= 15 is 0 Å². The van der Waals surface area contributed by atoms with E-state index < -0.39 is 0 Å². The van der Waals surface area contributed by atoms with E-state index in [1.807, 2.05) is 48.5 Å². The lowest BCUT2D eigenvalue weighted by molar-refractivity contribution is 0.0528. The lowest BCUT2D eigenvalue weighted by Crippen LogP contribution is -2.33. The summed E-state index contributed by atoms with van der Waals surface area (Å²) in [5.41, 5.74) is 11.0. The van der Waals surface area contributed by atoms with Gasteiger partial charge in [-0.1, -0.05) is 12.1 Å². The number of nitrogens with one attached hydrogen (secondary N) is 3. The maximum absolute atomic E-state index is 9.91. The van der Waals surface area contributed by atoms with Gasteiger partial charge in [-0.05, 0) is 72.8 Å². The molecule has 11 nitrogen and oxygen atoms in total. The normalized spacial score (nSPS) is 11.7. The SMILES string of the molecule is N=C(N)NCCOCCOCC/N=c1/cc2n(-c3ccc(O)cc3)c3ccccc3nc-2cc1Nc1ccc(O)cc1. The van der Waals surface area contributed by atoms with E-state index in [0.717, 1.165) is 44.8 Å². The Morgan fingerprint density at radius 1 is 0.881 bits per heavy atom. The van der Waals surface area contributed by atoms with Crippen molar-refractivity contribution in [2.24, 2.45) is 10.7 Å². The maximum Gasteiger partial charge on any atom is 0.185 e. The topological polar surface area (TPSA) is 163 Å². The molecule has 216 valence electrons. The predicted octanol–water partition coefficient (Wildman–Crippen LogP) is 3.70. The standard InChI is InChI=1S/C31H33N7O4/c32-31(33)35-14-16-42-18-17-41-15-13-34-26-20-30-28(19-27(26)36-21-5-9-23(39)10-6-21)37-25-3-1-2-4-29(25)38(30)22-7-11-24(40)12-8-22/h1-12,19-20,36,39-40H,13-18H2,(H4,32,33,35)/b34-26-. The number of nitrogens with zero attached hydrogens (tertiary/aromatic N) is 3. The van der Waals surface area contributed by atoms with Crippen molar-refractivity contribution in [1.82, 2.24) is 14.9 Å². The number of phenols is 2. The number of ether oxygens (including phenoxy) is 2. The van der Waals surface area contributed by atoms with Crippen LogP contribution in [0.4, 0.5) is 11.4 Å². The van der Waals surface area contributed by atoms with Crippen LogP contribution in [0.25, 0.3) is 28.1 Å². The van der Waals surface area contributed by atoms with Crippen LogP contribution >= 0.6 is 0 Å².